The number of ketones is 1. The maximum atomic E-state index is 14.3. The summed E-state index contributed by atoms with van der Waals surface area (Å²) in [5.74, 6) is -0.630. The monoisotopic (exact) mass is 692 g/mol. The minimum absolute atomic E-state index is 0.141. The SMILES string of the molecule is CCOc1ccc(C[C@@H]2NC(=O)[C@H](CCCCCC(=O)[C@@H](C)O)NC(=O)[C@H]3CCCCN3C(=O)[C@H](Cc3ccc(OCC)cc3)NC2=O)cc1. The van der Waals surface area contributed by atoms with Crippen molar-refractivity contribution in [1.82, 2.24) is 20.9 Å². The largest absolute Gasteiger partial charge is 0.494 e. The van der Waals surface area contributed by atoms with Crippen molar-refractivity contribution >= 4 is 29.4 Å². The summed E-state index contributed by atoms with van der Waals surface area (Å²) >= 11 is 0. The van der Waals surface area contributed by atoms with E-state index in [2.05, 4.69) is 16.0 Å². The van der Waals surface area contributed by atoms with Gasteiger partial charge in [-0.3, -0.25) is 24.0 Å². The second-order valence-electron chi connectivity index (χ2n) is 13.0. The molecular formula is C38H52N4O8. The molecule has 2 aromatic rings. The summed E-state index contributed by atoms with van der Waals surface area (Å²) in [5.41, 5.74) is 1.58. The van der Waals surface area contributed by atoms with Crippen molar-refractivity contribution in [2.24, 2.45) is 0 Å². The van der Waals surface area contributed by atoms with Crippen LogP contribution in [0.1, 0.15) is 83.3 Å². The average Bonchev–Trinajstić information content (AvgIpc) is 3.11. The van der Waals surface area contributed by atoms with Gasteiger partial charge in [0.2, 0.25) is 23.6 Å². The normalized spacial score (nSPS) is 22.2. The Morgan fingerprint density at radius 3 is 1.88 bits per heavy atom. The highest BCUT2D eigenvalue weighted by atomic mass is 16.5. The van der Waals surface area contributed by atoms with E-state index in [0.717, 1.165) is 17.5 Å². The van der Waals surface area contributed by atoms with Gasteiger partial charge < -0.3 is 35.4 Å². The number of nitrogens with zero attached hydrogens (tertiary/aromatic N) is 1. The number of piperidine rings is 1. The molecule has 2 aromatic carbocycles. The van der Waals surface area contributed by atoms with Crippen molar-refractivity contribution < 1.29 is 38.6 Å². The van der Waals surface area contributed by atoms with E-state index in [-0.39, 0.29) is 37.4 Å². The number of ether oxygens (including phenoxy) is 2. The molecule has 12 heteroatoms. The second-order valence-corrected chi connectivity index (χ2v) is 13.0. The number of fused-ring (bicyclic) bond motifs is 1. The Balaban J connectivity index is 1.62. The molecule has 0 saturated carbocycles. The van der Waals surface area contributed by atoms with Crippen LogP contribution >= 0.6 is 0 Å². The Bertz CT molecular complexity index is 1450. The Hall–Kier alpha value is -4.45. The van der Waals surface area contributed by atoms with Crippen LogP contribution in [0.5, 0.6) is 11.5 Å². The number of carbonyl (C=O) groups is 5. The van der Waals surface area contributed by atoms with Gasteiger partial charge in [0.25, 0.3) is 0 Å². The zero-order valence-electron chi connectivity index (χ0n) is 29.5. The first kappa shape index (κ1) is 38.4. The standard InChI is InChI=1S/C38H52N4O8/c1-4-49-28-18-14-26(15-19-28)23-31-36(46)41-32(24-27-16-20-29(21-17-27)50-5-2)38(48)42-22-10-9-12-33(42)37(47)39-30(35(45)40-31)11-7-6-8-13-34(44)25(3)43/h14-21,25,30-33,43H,4-13,22-24H2,1-3H3,(H,39,47)(H,40,45)(H,41,46)/t25-,30+,31+,32+,33-/m1/s1. The highest BCUT2D eigenvalue weighted by Crippen LogP contribution is 2.22. The van der Waals surface area contributed by atoms with Crippen molar-refractivity contribution in [3.05, 3.63) is 59.7 Å². The molecule has 0 spiro atoms. The lowest BCUT2D eigenvalue weighted by Gasteiger charge is -2.38. The van der Waals surface area contributed by atoms with Crippen LogP contribution < -0.4 is 25.4 Å². The molecule has 2 heterocycles. The van der Waals surface area contributed by atoms with Gasteiger partial charge in [-0.05, 0) is 88.3 Å². The Kier molecular flexibility index (Phi) is 14.6. The summed E-state index contributed by atoms with van der Waals surface area (Å²) in [6, 6.07) is 10.8. The first-order chi connectivity index (χ1) is 24.1. The molecule has 0 unspecified atom stereocenters. The van der Waals surface area contributed by atoms with E-state index in [1.54, 1.807) is 17.0 Å². The lowest BCUT2D eigenvalue weighted by Crippen LogP contribution is -2.63. The molecule has 0 radical (unpaired) electrons. The van der Waals surface area contributed by atoms with Gasteiger partial charge in [-0.1, -0.05) is 37.1 Å². The fourth-order valence-corrected chi connectivity index (χ4v) is 6.44. The van der Waals surface area contributed by atoms with Crippen molar-refractivity contribution in [3.63, 3.8) is 0 Å². The van der Waals surface area contributed by atoms with Gasteiger partial charge in [0.05, 0.1) is 13.2 Å². The Morgan fingerprint density at radius 1 is 0.760 bits per heavy atom. The Morgan fingerprint density at radius 2 is 1.30 bits per heavy atom. The molecule has 2 aliphatic heterocycles. The van der Waals surface area contributed by atoms with Crippen molar-refractivity contribution in [2.75, 3.05) is 19.8 Å². The molecule has 12 nitrogen and oxygen atoms in total. The van der Waals surface area contributed by atoms with Crippen LogP contribution in [0.15, 0.2) is 48.5 Å². The molecule has 2 saturated heterocycles. The van der Waals surface area contributed by atoms with Crippen LogP contribution in [0.3, 0.4) is 0 Å². The highest BCUT2D eigenvalue weighted by molar-refractivity contribution is 5.98. The fraction of sp³-hybridized carbons (Fsp3) is 0.553. The number of hydrogen-bond acceptors (Lipinski definition) is 8. The molecule has 0 bridgehead atoms. The molecule has 2 aliphatic rings. The molecule has 4 N–H and O–H groups in total. The number of benzene rings is 2. The van der Waals surface area contributed by atoms with Crippen LogP contribution in [0.4, 0.5) is 0 Å². The number of aliphatic hydroxyl groups excluding tert-OH is 1. The minimum atomic E-state index is -1.05. The van der Waals surface area contributed by atoms with E-state index in [1.165, 1.54) is 6.92 Å². The molecule has 0 aliphatic carbocycles. The smallest absolute Gasteiger partial charge is 0.246 e. The van der Waals surface area contributed by atoms with Gasteiger partial charge in [-0.2, -0.15) is 0 Å². The zero-order chi connectivity index (χ0) is 36.0. The number of amides is 4. The van der Waals surface area contributed by atoms with Crippen LogP contribution in [-0.2, 0) is 36.8 Å². The van der Waals surface area contributed by atoms with Gasteiger partial charge in [0.1, 0.15) is 41.8 Å². The first-order valence-corrected chi connectivity index (χ1v) is 17.9. The van der Waals surface area contributed by atoms with Crippen molar-refractivity contribution in [1.29, 1.82) is 0 Å². The average molecular weight is 693 g/mol. The number of Topliss-reactive ketones (excluding diaryl/α,β-unsaturated/α-hetero) is 1. The van der Waals surface area contributed by atoms with E-state index < -0.39 is 48.0 Å². The first-order valence-electron chi connectivity index (χ1n) is 17.9. The lowest BCUT2D eigenvalue weighted by molar-refractivity contribution is -0.146. The van der Waals surface area contributed by atoms with Gasteiger partial charge in [0.15, 0.2) is 5.78 Å². The van der Waals surface area contributed by atoms with Crippen LogP contribution in [0.2, 0.25) is 0 Å². The van der Waals surface area contributed by atoms with E-state index in [4.69, 9.17) is 9.47 Å². The quantitative estimate of drug-likeness (QED) is 0.207. The highest BCUT2D eigenvalue weighted by Gasteiger charge is 2.39. The van der Waals surface area contributed by atoms with Crippen LogP contribution in [0, 0.1) is 0 Å². The van der Waals surface area contributed by atoms with Crippen LogP contribution in [-0.4, -0.2) is 89.4 Å². The van der Waals surface area contributed by atoms with Gasteiger partial charge in [-0.15, -0.1) is 0 Å². The van der Waals surface area contributed by atoms with Crippen molar-refractivity contribution in [2.45, 2.75) is 115 Å². The molecule has 272 valence electrons. The molecule has 2 fully saturated rings. The number of hydrogen-bond donors (Lipinski definition) is 4. The van der Waals surface area contributed by atoms with Crippen LogP contribution in [0.25, 0.3) is 0 Å². The van der Waals surface area contributed by atoms with Gasteiger partial charge >= 0.3 is 0 Å². The third kappa shape index (κ3) is 11.0. The predicted molar refractivity (Wildman–Crippen MR) is 188 cm³/mol. The van der Waals surface area contributed by atoms with E-state index in [1.807, 2.05) is 50.2 Å². The molecule has 5 atom stereocenters. The van der Waals surface area contributed by atoms with Gasteiger partial charge in [0, 0.05) is 25.8 Å². The molecule has 4 amide bonds. The summed E-state index contributed by atoms with van der Waals surface area (Å²) in [7, 11) is 0. The predicted octanol–water partition coefficient (Wildman–Crippen LogP) is 3.02. The number of rotatable bonds is 15. The number of unbranched alkanes of at least 4 members (excludes halogenated alkanes) is 2. The summed E-state index contributed by atoms with van der Waals surface area (Å²) in [5, 5.41) is 18.2. The summed E-state index contributed by atoms with van der Waals surface area (Å²) in [6.07, 6.45) is 3.38. The second kappa shape index (κ2) is 19.1. The molecule has 0 aromatic heterocycles. The molecule has 50 heavy (non-hydrogen) atoms. The lowest BCUT2D eigenvalue weighted by atomic mass is 9.96. The third-order valence-electron chi connectivity index (χ3n) is 9.20. The molecular weight excluding hydrogens is 640 g/mol. The maximum absolute atomic E-state index is 14.3. The summed E-state index contributed by atoms with van der Waals surface area (Å²) < 4.78 is 11.1. The minimum Gasteiger partial charge on any atom is -0.494 e. The molecule has 4 rings (SSSR count). The van der Waals surface area contributed by atoms with E-state index in [0.29, 0.717) is 63.4 Å². The number of carbonyl (C=O) groups excluding carboxylic acids is 5. The fourth-order valence-electron chi connectivity index (χ4n) is 6.44. The Labute approximate surface area is 294 Å². The van der Waals surface area contributed by atoms with E-state index in [9.17, 15) is 29.1 Å². The summed E-state index contributed by atoms with van der Waals surface area (Å²) in [4.78, 5) is 69.5. The van der Waals surface area contributed by atoms with Crippen molar-refractivity contribution in [3.8, 4) is 11.5 Å². The maximum Gasteiger partial charge on any atom is 0.246 e. The van der Waals surface area contributed by atoms with Gasteiger partial charge in [-0.25, -0.2) is 0 Å². The number of nitrogens with one attached hydrogen (secondary N) is 3. The topological polar surface area (TPSA) is 163 Å². The summed E-state index contributed by atoms with van der Waals surface area (Å²) in [6.45, 7) is 6.60. The third-order valence-corrected chi connectivity index (χ3v) is 9.20. The number of aliphatic hydroxyl groups is 1. The zero-order valence-corrected chi connectivity index (χ0v) is 29.5. The van der Waals surface area contributed by atoms with E-state index >= 15 is 0 Å².